The number of non-ortho nitro benzene ring substituents is 1. The number of nitro benzene ring substituents is 1. The molecule has 1 amide bonds. The van der Waals surface area contributed by atoms with Crippen molar-refractivity contribution in [1.29, 1.82) is 0 Å². The molecular formula is C20H24N2O6. The van der Waals surface area contributed by atoms with E-state index in [-0.39, 0.29) is 23.5 Å². The Kier molecular flexibility index (Phi) is 7.62. The minimum atomic E-state index is -0.557. The molecule has 0 saturated carbocycles. The van der Waals surface area contributed by atoms with Crippen molar-refractivity contribution in [3.63, 3.8) is 0 Å². The number of rotatable bonds is 10. The van der Waals surface area contributed by atoms with Gasteiger partial charge in [0.1, 0.15) is 5.75 Å². The third-order valence-corrected chi connectivity index (χ3v) is 4.08. The van der Waals surface area contributed by atoms with E-state index in [0.29, 0.717) is 18.1 Å². The van der Waals surface area contributed by atoms with Gasteiger partial charge in [0.05, 0.1) is 31.3 Å². The molecule has 8 nitrogen and oxygen atoms in total. The second-order valence-electron chi connectivity index (χ2n) is 6.01. The molecule has 2 aromatic carbocycles. The van der Waals surface area contributed by atoms with Gasteiger partial charge < -0.3 is 19.5 Å². The molecule has 0 unspecified atom stereocenters. The van der Waals surface area contributed by atoms with Crippen molar-refractivity contribution in [1.82, 2.24) is 5.32 Å². The lowest BCUT2D eigenvalue weighted by Crippen LogP contribution is -2.23. The van der Waals surface area contributed by atoms with Crippen LogP contribution < -0.4 is 19.5 Å². The minimum Gasteiger partial charge on any atom is -0.496 e. The molecule has 0 aliphatic rings. The Balaban J connectivity index is 2.10. The summed E-state index contributed by atoms with van der Waals surface area (Å²) in [5, 5.41) is 13.7. The topological polar surface area (TPSA) is 99.9 Å². The number of nitro groups is 1. The fourth-order valence-electron chi connectivity index (χ4n) is 2.53. The number of carbonyl (C=O) groups excluding carboxylic acids is 1. The van der Waals surface area contributed by atoms with Gasteiger partial charge >= 0.3 is 0 Å². The van der Waals surface area contributed by atoms with Crippen molar-refractivity contribution >= 4 is 11.6 Å². The highest BCUT2D eigenvalue weighted by Crippen LogP contribution is 2.28. The maximum absolute atomic E-state index is 12.5. The van der Waals surface area contributed by atoms with E-state index < -0.39 is 10.8 Å². The third-order valence-electron chi connectivity index (χ3n) is 4.08. The molecule has 0 spiro atoms. The first kappa shape index (κ1) is 21.0. The number of amides is 1. The quantitative estimate of drug-likeness (QED) is 0.378. The van der Waals surface area contributed by atoms with Crippen molar-refractivity contribution in [2.45, 2.75) is 26.3 Å². The maximum atomic E-state index is 12.5. The Bertz CT molecular complexity index is 837. The van der Waals surface area contributed by atoms with Crippen LogP contribution in [0.1, 0.15) is 35.7 Å². The van der Waals surface area contributed by atoms with Crippen LogP contribution in [0.25, 0.3) is 0 Å². The number of benzene rings is 2. The van der Waals surface area contributed by atoms with E-state index in [9.17, 15) is 14.9 Å². The van der Waals surface area contributed by atoms with Crippen molar-refractivity contribution in [3.8, 4) is 17.2 Å². The molecule has 2 aromatic rings. The lowest BCUT2D eigenvalue weighted by molar-refractivity contribution is -0.384. The summed E-state index contributed by atoms with van der Waals surface area (Å²) in [5.41, 5.74) is 0.724. The van der Waals surface area contributed by atoms with Gasteiger partial charge in [-0.1, -0.05) is 19.4 Å². The number of methoxy groups -OCH3 is 2. The standard InChI is InChI=1S/C20H24N2O6/c1-4-5-10-28-18-8-6-14(11-19(18)27-3)13-21-20(23)16-12-15(22(24)25)7-9-17(16)26-2/h6-9,11-12H,4-5,10,13H2,1-3H3,(H,21,23). The fourth-order valence-corrected chi connectivity index (χ4v) is 2.53. The van der Waals surface area contributed by atoms with E-state index in [4.69, 9.17) is 14.2 Å². The highest BCUT2D eigenvalue weighted by Gasteiger charge is 2.17. The van der Waals surface area contributed by atoms with Crippen LogP contribution in [0.3, 0.4) is 0 Å². The van der Waals surface area contributed by atoms with Crippen LogP contribution in [0.5, 0.6) is 17.2 Å². The van der Waals surface area contributed by atoms with Crippen LogP contribution in [0.2, 0.25) is 0 Å². The normalized spacial score (nSPS) is 10.2. The average Bonchev–Trinajstić information content (AvgIpc) is 2.72. The molecule has 0 aromatic heterocycles. The van der Waals surface area contributed by atoms with E-state index in [2.05, 4.69) is 12.2 Å². The van der Waals surface area contributed by atoms with Gasteiger partial charge in [-0.3, -0.25) is 14.9 Å². The monoisotopic (exact) mass is 388 g/mol. The molecule has 0 heterocycles. The number of ether oxygens (including phenoxy) is 3. The van der Waals surface area contributed by atoms with Gasteiger partial charge in [-0.15, -0.1) is 0 Å². The molecule has 8 heteroatoms. The molecule has 0 atom stereocenters. The molecule has 0 aliphatic heterocycles. The van der Waals surface area contributed by atoms with Gasteiger partial charge in [-0.25, -0.2) is 0 Å². The van der Waals surface area contributed by atoms with Gasteiger partial charge in [-0.05, 0) is 30.2 Å². The predicted octanol–water partition coefficient (Wildman–Crippen LogP) is 3.72. The summed E-state index contributed by atoms with van der Waals surface area (Å²) in [4.78, 5) is 22.9. The summed E-state index contributed by atoms with van der Waals surface area (Å²) in [6.45, 7) is 2.91. The number of unbranched alkanes of at least 4 members (excludes halogenated alkanes) is 1. The first-order valence-corrected chi connectivity index (χ1v) is 8.90. The summed E-state index contributed by atoms with van der Waals surface area (Å²) in [5.74, 6) is 1.02. The van der Waals surface area contributed by atoms with Crippen molar-refractivity contribution < 1.29 is 23.9 Å². The molecular weight excluding hydrogens is 364 g/mol. The number of hydrogen-bond acceptors (Lipinski definition) is 6. The van der Waals surface area contributed by atoms with Crippen LogP contribution in [-0.4, -0.2) is 31.7 Å². The lowest BCUT2D eigenvalue weighted by Gasteiger charge is -2.13. The number of carbonyl (C=O) groups is 1. The summed E-state index contributed by atoms with van der Waals surface area (Å²) in [6, 6.07) is 9.29. The second-order valence-corrected chi connectivity index (χ2v) is 6.01. The predicted molar refractivity (Wildman–Crippen MR) is 104 cm³/mol. The fraction of sp³-hybridized carbons (Fsp3) is 0.350. The number of hydrogen-bond donors (Lipinski definition) is 1. The van der Waals surface area contributed by atoms with Crippen molar-refractivity contribution in [2.75, 3.05) is 20.8 Å². The highest BCUT2D eigenvalue weighted by molar-refractivity contribution is 5.97. The van der Waals surface area contributed by atoms with Gasteiger partial charge in [-0.2, -0.15) is 0 Å². The Labute approximate surface area is 163 Å². The summed E-state index contributed by atoms with van der Waals surface area (Å²) < 4.78 is 16.2. The van der Waals surface area contributed by atoms with Crippen molar-refractivity contribution in [2.24, 2.45) is 0 Å². The van der Waals surface area contributed by atoms with Gasteiger partial charge in [0, 0.05) is 18.7 Å². The van der Waals surface area contributed by atoms with E-state index >= 15 is 0 Å². The van der Waals surface area contributed by atoms with Gasteiger partial charge in [0.15, 0.2) is 11.5 Å². The Morgan fingerprint density at radius 2 is 1.79 bits per heavy atom. The van der Waals surface area contributed by atoms with Crippen LogP contribution in [-0.2, 0) is 6.54 Å². The van der Waals surface area contributed by atoms with E-state index in [1.165, 1.54) is 25.3 Å². The molecule has 1 N–H and O–H groups in total. The Morgan fingerprint density at radius 3 is 2.43 bits per heavy atom. The molecule has 2 rings (SSSR count). The lowest BCUT2D eigenvalue weighted by atomic mass is 10.1. The van der Waals surface area contributed by atoms with Gasteiger partial charge in [0.25, 0.3) is 11.6 Å². The van der Waals surface area contributed by atoms with Crippen LogP contribution in [0.15, 0.2) is 36.4 Å². The zero-order chi connectivity index (χ0) is 20.5. The molecule has 0 saturated heterocycles. The Hall–Kier alpha value is -3.29. The van der Waals surface area contributed by atoms with Gasteiger partial charge in [0.2, 0.25) is 0 Å². The zero-order valence-corrected chi connectivity index (χ0v) is 16.2. The largest absolute Gasteiger partial charge is 0.496 e. The van der Waals surface area contributed by atoms with Crippen molar-refractivity contribution in [3.05, 3.63) is 57.6 Å². The Morgan fingerprint density at radius 1 is 1.07 bits per heavy atom. The van der Waals surface area contributed by atoms with Crippen LogP contribution >= 0.6 is 0 Å². The number of nitrogens with zero attached hydrogens (tertiary/aromatic N) is 1. The first-order chi connectivity index (χ1) is 13.5. The maximum Gasteiger partial charge on any atom is 0.270 e. The molecule has 0 aliphatic carbocycles. The van der Waals surface area contributed by atoms with Crippen LogP contribution in [0, 0.1) is 10.1 Å². The molecule has 150 valence electrons. The first-order valence-electron chi connectivity index (χ1n) is 8.90. The molecule has 0 radical (unpaired) electrons. The minimum absolute atomic E-state index is 0.100. The summed E-state index contributed by atoms with van der Waals surface area (Å²) >= 11 is 0. The average molecular weight is 388 g/mol. The highest BCUT2D eigenvalue weighted by atomic mass is 16.6. The van der Waals surface area contributed by atoms with E-state index in [1.807, 2.05) is 6.07 Å². The summed E-state index contributed by atoms with van der Waals surface area (Å²) in [7, 11) is 2.96. The molecule has 0 bridgehead atoms. The SMILES string of the molecule is CCCCOc1ccc(CNC(=O)c2cc([N+](=O)[O-])ccc2OC)cc1OC. The van der Waals surface area contributed by atoms with Crippen LogP contribution in [0.4, 0.5) is 5.69 Å². The van der Waals surface area contributed by atoms with E-state index in [1.54, 1.807) is 19.2 Å². The smallest absolute Gasteiger partial charge is 0.270 e. The zero-order valence-electron chi connectivity index (χ0n) is 16.2. The third kappa shape index (κ3) is 5.35. The number of nitrogens with one attached hydrogen (secondary N) is 1. The van der Waals surface area contributed by atoms with E-state index in [0.717, 1.165) is 18.4 Å². The summed E-state index contributed by atoms with van der Waals surface area (Å²) in [6.07, 6.45) is 1.99. The molecule has 0 fully saturated rings. The molecule has 28 heavy (non-hydrogen) atoms. The second kappa shape index (κ2) is 10.1.